The summed E-state index contributed by atoms with van der Waals surface area (Å²) < 4.78 is 30.4. The molecule has 4 rings (SSSR count). The Morgan fingerprint density at radius 2 is 1.74 bits per heavy atom. The molecule has 3 aromatic rings. The largest absolute Gasteiger partial charge is 0.490 e. The van der Waals surface area contributed by atoms with Crippen LogP contribution in [-0.2, 0) is 17.9 Å². The molecule has 1 fully saturated rings. The first-order valence-corrected chi connectivity index (χ1v) is 12.5. The normalized spacial score (nSPS) is 13.6. The van der Waals surface area contributed by atoms with E-state index in [1.54, 1.807) is 6.07 Å². The molecule has 0 saturated carbocycles. The van der Waals surface area contributed by atoms with Crippen LogP contribution in [0, 0.1) is 5.82 Å². The second-order valence-corrected chi connectivity index (χ2v) is 9.20. The highest BCUT2D eigenvalue weighted by molar-refractivity contribution is 6.33. The average molecular weight is 540 g/mol. The fraction of sp³-hybridized carbons (Fsp3) is 0.308. The van der Waals surface area contributed by atoms with Crippen LogP contribution in [0.25, 0.3) is 0 Å². The fourth-order valence-corrected chi connectivity index (χ4v) is 4.61. The van der Waals surface area contributed by atoms with Crippen LogP contribution in [-0.4, -0.2) is 32.9 Å². The standard InChI is InChI=1S/C26H26Cl3FN2O3/c1-2-34-25-12-17(11-23(29)26(25)35-16-18-3-4-19(30)13-21(18)27)15-31-20-5-6-24(22(28)14-20)32-7-9-33-10-8-32/h3-6,11-14,31H,2,7-10,15-16H2,1H3. The van der Waals surface area contributed by atoms with E-state index in [1.165, 1.54) is 12.1 Å². The van der Waals surface area contributed by atoms with E-state index >= 15 is 0 Å². The van der Waals surface area contributed by atoms with Gasteiger partial charge in [0.25, 0.3) is 0 Å². The van der Waals surface area contributed by atoms with Crippen LogP contribution >= 0.6 is 34.8 Å². The molecule has 35 heavy (non-hydrogen) atoms. The van der Waals surface area contributed by atoms with Crippen LogP contribution in [0.1, 0.15) is 18.1 Å². The van der Waals surface area contributed by atoms with Crippen LogP contribution in [0.2, 0.25) is 15.1 Å². The topological polar surface area (TPSA) is 43.0 Å². The van der Waals surface area contributed by atoms with E-state index in [4.69, 9.17) is 49.0 Å². The molecule has 1 heterocycles. The molecule has 0 bridgehead atoms. The van der Waals surface area contributed by atoms with Gasteiger partial charge in [0, 0.05) is 30.9 Å². The summed E-state index contributed by atoms with van der Waals surface area (Å²) in [6.45, 7) is 6.03. The zero-order valence-electron chi connectivity index (χ0n) is 19.3. The third kappa shape index (κ3) is 6.64. The predicted octanol–water partition coefficient (Wildman–Crippen LogP) is 7.21. The molecule has 5 nitrogen and oxygen atoms in total. The lowest BCUT2D eigenvalue weighted by Crippen LogP contribution is -2.36. The number of nitrogens with one attached hydrogen (secondary N) is 1. The number of nitrogens with zero attached hydrogens (tertiary/aromatic N) is 1. The van der Waals surface area contributed by atoms with Gasteiger partial charge in [0.15, 0.2) is 11.5 Å². The van der Waals surface area contributed by atoms with Gasteiger partial charge in [-0.2, -0.15) is 0 Å². The summed E-state index contributed by atoms with van der Waals surface area (Å²) in [6, 6.07) is 13.8. The first-order valence-electron chi connectivity index (χ1n) is 11.3. The van der Waals surface area contributed by atoms with E-state index in [0.29, 0.717) is 58.5 Å². The molecule has 0 unspecified atom stereocenters. The van der Waals surface area contributed by atoms with Gasteiger partial charge in [0.1, 0.15) is 12.4 Å². The van der Waals surface area contributed by atoms with Gasteiger partial charge in [-0.15, -0.1) is 0 Å². The SMILES string of the molecule is CCOc1cc(CNc2ccc(N3CCOCC3)c(Cl)c2)cc(Cl)c1OCc1ccc(F)cc1Cl. The van der Waals surface area contributed by atoms with E-state index in [-0.39, 0.29) is 6.61 Å². The van der Waals surface area contributed by atoms with E-state index in [1.807, 2.05) is 37.3 Å². The maximum Gasteiger partial charge on any atom is 0.180 e. The molecular formula is C26H26Cl3FN2O3. The molecule has 0 amide bonds. The molecule has 186 valence electrons. The molecule has 0 spiro atoms. The van der Waals surface area contributed by atoms with Gasteiger partial charge in [-0.05, 0) is 55.0 Å². The van der Waals surface area contributed by atoms with Crippen LogP contribution < -0.4 is 19.7 Å². The highest BCUT2D eigenvalue weighted by Gasteiger charge is 2.16. The molecule has 1 aliphatic heterocycles. The Morgan fingerprint density at radius 1 is 0.943 bits per heavy atom. The lowest BCUT2D eigenvalue weighted by Gasteiger charge is -2.29. The molecule has 0 atom stereocenters. The first kappa shape index (κ1) is 25.7. The zero-order valence-corrected chi connectivity index (χ0v) is 21.5. The van der Waals surface area contributed by atoms with Gasteiger partial charge in [-0.3, -0.25) is 0 Å². The summed E-state index contributed by atoms with van der Waals surface area (Å²) in [4.78, 5) is 2.22. The lowest BCUT2D eigenvalue weighted by molar-refractivity contribution is 0.122. The fourth-order valence-electron chi connectivity index (χ4n) is 3.80. The van der Waals surface area contributed by atoms with Crippen molar-refractivity contribution >= 4 is 46.2 Å². The second-order valence-electron chi connectivity index (χ2n) is 7.98. The molecule has 1 saturated heterocycles. The van der Waals surface area contributed by atoms with Crippen LogP contribution in [0.3, 0.4) is 0 Å². The third-order valence-electron chi connectivity index (χ3n) is 5.55. The smallest absolute Gasteiger partial charge is 0.180 e. The molecule has 1 aliphatic rings. The van der Waals surface area contributed by atoms with Crippen molar-refractivity contribution in [3.63, 3.8) is 0 Å². The highest BCUT2D eigenvalue weighted by atomic mass is 35.5. The molecule has 3 aromatic carbocycles. The molecule has 0 aliphatic carbocycles. The van der Waals surface area contributed by atoms with Gasteiger partial charge >= 0.3 is 0 Å². The van der Waals surface area contributed by atoms with E-state index < -0.39 is 5.82 Å². The number of anilines is 2. The van der Waals surface area contributed by atoms with Crippen molar-refractivity contribution in [2.75, 3.05) is 43.1 Å². The summed E-state index contributed by atoms with van der Waals surface area (Å²) in [7, 11) is 0. The van der Waals surface area contributed by atoms with Gasteiger partial charge < -0.3 is 24.4 Å². The second kappa shape index (κ2) is 12.0. The first-order chi connectivity index (χ1) is 16.9. The van der Waals surface area contributed by atoms with E-state index in [0.717, 1.165) is 30.0 Å². The molecule has 9 heteroatoms. The number of ether oxygens (including phenoxy) is 3. The molecule has 0 aromatic heterocycles. The van der Waals surface area contributed by atoms with Gasteiger partial charge in [-0.1, -0.05) is 40.9 Å². The maximum atomic E-state index is 13.3. The quantitative estimate of drug-likeness (QED) is 0.311. The third-order valence-corrected chi connectivity index (χ3v) is 6.49. The number of benzene rings is 3. The summed E-state index contributed by atoms with van der Waals surface area (Å²) in [5, 5.41) is 4.77. The van der Waals surface area contributed by atoms with Crippen molar-refractivity contribution in [1.82, 2.24) is 0 Å². The van der Waals surface area contributed by atoms with Crippen molar-refractivity contribution < 1.29 is 18.6 Å². The number of hydrogen-bond acceptors (Lipinski definition) is 5. The average Bonchev–Trinajstić information content (AvgIpc) is 2.84. The van der Waals surface area contributed by atoms with Crippen LogP contribution in [0.5, 0.6) is 11.5 Å². The van der Waals surface area contributed by atoms with Gasteiger partial charge in [0.2, 0.25) is 0 Å². The number of morpholine rings is 1. The molecular weight excluding hydrogens is 514 g/mol. The minimum absolute atomic E-state index is 0.129. The minimum atomic E-state index is -0.402. The number of hydrogen-bond donors (Lipinski definition) is 1. The Balaban J connectivity index is 1.45. The summed E-state index contributed by atoms with van der Waals surface area (Å²) >= 11 is 19.2. The Bertz CT molecular complexity index is 1170. The Kier molecular flexibility index (Phi) is 8.84. The maximum absolute atomic E-state index is 13.3. The summed E-state index contributed by atoms with van der Waals surface area (Å²) in [5.41, 5.74) is 3.46. The van der Waals surface area contributed by atoms with Gasteiger partial charge in [0.05, 0.1) is 40.6 Å². The van der Waals surface area contributed by atoms with Crippen molar-refractivity contribution in [2.24, 2.45) is 0 Å². The monoisotopic (exact) mass is 538 g/mol. The minimum Gasteiger partial charge on any atom is -0.490 e. The molecule has 0 radical (unpaired) electrons. The van der Waals surface area contributed by atoms with Crippen molar-refractivity contribution in [3.8, 4) is 11.5 Å². The van der Waals surface area contributed by atoms with E-state index in [2.05, 4.69) is 10.2 Å². The lowest BCUT2D eigenvalue weighted by atomic mass is 10.1. The number of rotatable bonds is 9. The van der Waals surface area contributed by atoms with Crippen LogP contribution in [0.15, 0.2) is 48.5 Å². The summed E-state index contributed by atoms with van der Waals surface area (Å²) in [6.07, 6.45) is 0. The van der Waals surface area contributed by atoms with Gasteiger partial charge in [-0.25, -0.2) is 4.39 Å². The summed E-state index contributed by atoms with van der Waals surface area (Å²) in [5.74, 6) is 0.534. The zero-order chi connectivity index (χ0) is 24.8. The van der Waals surface area contributed by atoms with Crippen LogP contribution in [0.4, 0.5) is 15.8 Å². The Morgan fingerprint density at radius 3 is 2.46 bits per heavy atom. The Hall–Kier alpha value is -2.38. The van der Waals surface area contributed by atoms with Crippen molar-refractivity contribution in [2.45, 2.75) is 20.1 Å². The predicted molar refractivity (Wildman–Crippen MR) is 140 cm³/mol. The highest BCUT2D eigenvalue weighted by Crippen LogP contribution is 2.38. The number of halogens is 4. The molecule has 1 N–H and O–H groups in total. The van der Waals surface area contributed by atoms with Crippen molar-refractivity contribution in [3.05, 3.63) is 80.5 Å². The van der Waals surface area contributed by atoms with Crippen molar-refractivity contribution in [1.29, 1.82) is 0 Å². The Labute approximate surface area is 219 Å². The van der Waals surface area contributed by atoms with E-state index in [9.17, 15) is 4.39 Å².